The third-order valence-electron chi connectivity index (χ3n) is 5.25. The molecule has 1 aliphatic carbocycles. The number of likely N-dealkylation sites (tertiary alicyclic amines) is 1. The van der Waals surface area contributed by atoms with Crippen molar-refractivity contribution < 1.29 is 29.0 Å². The molecule has 1 aliphatic heterocycles. The van der Waals surface area contributed by atoms with Crippen molar-refractivity contribution >= 4 is 23.7 Å². The zero-order valence-electron chi connectivity index (χ0n) is 14.6. The zero-order chi connectivity index (χ0) is 18.7. The van der Waals surface area contributed by atoms with Gasteiger partial charge in [-0.25, -0.2) is 9.59 Å². The number of benzene rings is 1. The van der Waals surface area contributed by atoms with Gasteiger partial charge in [0.05, 0.1) is 12.5 Å². The van der Waals surface area contributed by atoms with Gasteiger partial charge in [0.1, 0.15) is 5.75 Å². The molecule has 0 unspecified atom stereocenters. The Morgan fingerprint density at radius 3 is 2.88 bits per heavy atom. The highest BCUT2D eigenvalue weighted by Crippen LogP contribution is 2.48. The standard InChI is InChI=1S/C18H22N2O6/c1-25-15(21)10-26-14-6-2-5-13(8-14)19-17(24)20-9-12-4-3-7-18(12,11-20)16(22)23/h2,5-6,8,12H,3-4,7,9-11H2,1H3,(H,19,24)(H,22,23)/t12-,18+/m0/s1. The number of nitrogens with one attached hydrogen (secondary N) is 1. The molecule has 0 radical (unpaired) electrons. The Morgan fingerprint density at radius 2 is 2.19 bits per heavy atom. The predicted octanol–water partition coefficient (Wildman–Crippen LogP) is 1.96. The Hall–Kier alpha value is -2.77. The number of hydrogen-bond donors (Lipinski definition) is 2. The van der Waals surface area contributed by atoms with Gasteiger partial charge >= 0.3 is 18.0 Å². The van der Waals surface area contributed by atoms with Crippen LogP contribution in [0.25, 0.3) is 0 Å². The number of nitrogens with zero attached hydrogens (tertiary/aromatic N) is 1. The van der Waals surface area contributed by atoms with Crippen molar-refractivity contribution in [3.8, 4) is 5.75 Å². The second-order valence-corrected chi connectivity index (χ2v) is 6.75. The van der Waals surface area contributed by atoms with Crippen molar-refractivity contribution in [2.45, 2.75) is 19.3 Å². The summed E-state index contributed by atoms with van der Waals surface area (Å²) < 4.78 is 9.81. The number of rotatable bonds is 5. The van der Waals surface area contributed by atoms with E-state index in [1.165, 1.54) is 7.11 Å². The number of esters is 1. The van der Waals surface area contributed by atoms with Crippen LogP contribution in [0.3, 0.4) is 0 Å². The van der Waals surface area contributed by atoms with E-state index in [0.29, 0.717) is 24.4 Å². The second kappa shape index (κ2) is 7.23. The van der Waals surface area contributed by atoms with Gasteiger partial charge in [-0.3, -0.25) is 4.79 Å². The fraction of sp³-hybridized carbons (Fsp3) is 0.500. The molecule has 1 aromatic rings. The number of anilines is 1. The highest BCUT2D eigenvalue weighted by molar-refractivity contribution is 5.91. The topological polar surface area (TPSA) is 105 Å². The number of carbonyl (C=O) groups is 3. The Kier molecular flexibility index (Phi) is 5.01. The van der Waals surface area contributed by atoms with Crippen LogP contribution in [0.5, 0.6) is 5.75 Å². The quantitative estimate of drug-likeness (QED) is 0.776. The number of urea groups is 1. The van der Waals surface area contributed by atoms with E-state index < -0.39 is 17.4 Å². The van der Waals surface area contributed by atoms with E-state index in [2.05, 4.69) is 10.1 Å². The van der Waals surface area contributed by atoms with Crippen molar-refractivity contribution in [3.05, 3.63) is 24.3 Å². The van der Waals surface area contributed by atoms with E-state index >= 15 is 0 Å². The van der Waals surface area contributed by atoms with Crippen molar-refractivity contribution in [1.29, 1.82) is 0 Å². The van der Waals surface area contributed by atoms with Crippen molar-refractivity contribution in [1.82, 2.24) is 4.90 Å². The predicted molar refractivity (Wildman–Crippen MR) is 92.0 cm³/mol. The molecule has 1 aromatic carbocycles. The summed E-state index contributed by atoms with van der Waals surface area (Å²) in [6.45, 7) is 0.469. The van der Waals surface area contributed by atoms with E-state index in [1.807, 2.05) is 0 Å². The van der Waals surface area contributed by atoms with Crippen LogP contribution in [0.4, 0.5) is 10.5 Å². The molecule has 8 heteroatoms. The maximum absolute atomic E-state index is 12.5. The van der Waals surface area contributed by atoms with Crippen molar-refractivity contribution in [2.24, 2.45) is 11.3 Å². The minimum Gasteiger partial charge on any atom is -0.482 e. The molecule has 26 heavy (non-hydrogen) atoms. The van der Waals surface area contributed by atoms with Gasteiger partial charge in [-0.15, -0.1) is 0 Å². The number of fused-ring (bicyclic) bond motifs is 1. The normalized spacial score (nSPS) is 24.0. The van der Waals surface area contributed by atoms with Crippen LogP contribution in [0.1, 0.15) is 19.3 Å². The molecule has 1 saturated heterocycles. The monoisotopic (exact) mass is 362 g/mol. The summed E-state index contributed by atoms with van der Waals surface area (Å²) in [4.78, 5) is 37.0. The molecule has 0 spiro atoms. The maximum atomic E-state index is 12.5. The fourth-order valence-electron chi connectivity index (χ4n) is 3.86. The van der Waals surface area contributed by atoms with E-state index in [9.17, 15) is 19.5 Å². The van der Waals surface area contributed by atoms with E-state index in [1.54, 1.807) is 29.2 Å². The van der Waals surface area contributed by atoms with Gasteiger partial charge in [-0.2, -0.15) is 0 Å². The highest BCUT2D eigenvalue weighted by Gasteiger charge is 2.55. The van der Waals surface area contributed by atoms with Crippen LogP contribution >= 0.6 is 0 Å². The lowest BCUT2D eigenvalue weighted by Crippen LogP contribution is -2.38. The van der Waals surface area contributed by atoms with Gasteiger partial charge in [-0.1, -0.05) is 12.5 Å². The third-order valence-corrected chi connectivity index (χ3v) is 5.25. The Labute approximate surface area is 151 Å². The second-order valence-electron chi connectivity index (χ2n) is 6.75. The lowest BCUT2D eigenvalue weighted by atomic mass is 9.81. The number of carbonyl (C=O) groups excluding carboxylic acids is 2. The molecule has 2 amide bonds. The third kappa shape index (κ3) is 3.44. The average Bonchev–Trinajstić information content (AvgIpc) is 3.18. The van der Waals surface area contributed by atoms with Crippen LogP contribution < -0.4 is 10.1 Å². The molecule has 2 N–H and O–H groups in total. The number of amides is 2. The van der Waals surface area contributed by atoms with E-state index in [-0.39, 0.29) is 25.1 Å². The number of methoxy groups -OCH3 is 1. The Morgan fingerprint density at radius 1 is 1.38 bits per heavy atom. The lowest BCUT2D eigenvalue weighted by molar-refractivity contribution is -0.149. The van der Waals surface area contributed by atoms with Gasteiger partial charge in [0.25, 0.3) is 0 Å². The minimum atomic E-state index is -0.812. The van der Waals surface area contributed by atoms with Crippen LogP contribution in [0.15, 0.2) is 24.3 Å². The van der Waals surface area contributed by atoms with Crippen molar-refractivity contribution in [2.75, 3.05) is 32.1 Å². The Bertz CT molecular complexity index is 721. The molecule has 2 fully saturated rings. The molecular weight excluding hydrogens is 340 g/mol. The number of carboxylic acids is 1. The maximum Gasteiger partial charge on any atom is 0.343 e. The molecule has 0 bridgehead atoms. The molecule has 140 valence electrons. The smallest absolute Gasteiger partial charge is 0.343 e. The van der Waals surface area contributed by atoms with Crippen LogP contribution in [0, 0.1) is 11.3 Å². The Balaban J connectivity index is 1.62. The van der Waals surface area contributed by atoms with Crippen molar-refractivity contribution in [3.63, 3.8) is 0 Å². The lowest BCUT2D eigenvalue weighted by Gasteiger charge is -2.23. The molecule has 8 nitrogen and oxygen atoms in total. The van der Waals surface area contributed by atoms with Gasteiger partial charge in [0, 0.05) is 24.8 Å². The molecule has 1 heterocycles. The SMILES string of the molecule is COC(=O)COc1cccc(NC(=O)N2C[C@@H]3CCC[C@@]3(C(=O)O)C2)c1. The van der Waals surface area contributed by atoms with E-state index in [4.69, 9.17) is 4.74 Å². The van der Waals surface area contributed by atoms with Gasteiger partial charge < -0.3 is 24.8 Å². The molecule has 1 saturated carbocycles. The first-order valence-electron chi connectivity index (χ1n) is 8.53. The molecule has 2 aliphatic rings. The summed E-state index contributed by atoms with van der Waals surface area (Å²) in [5.41, 5.74) is -0.290. The number of carboxylic acid groups (broad SMARTS) is 1. The molecule has 0 aromatic heterocycles. The fourth-order valence-corrected chi connectivity index (χ4v) is 3.86. The van der Waals surface area contributed by atoms with Crippen LogP contribution in [-0.4, -0.2) is 54.8 Å². The summed E-state index contributed by atoms with van der Waals surface area (Å²) in [5, 5.41) is 12.4. The van der Waals surface area contributed by atoms with Gasteiger partial charge in [0.15, 0.2) is 6.61 Å². The number of aliphatic carboxylic acids is 1. The first-order valence-corrected chi connectivity index (χ1v) is 8.53. The van der Waals surface area contributed by atoms with Crippen LogP contribution in [0.2, 0.25) is 0 Å². The van der Waals surface area contributed by atoms with Gasteiger partial charge in [-0.05, 0) is 30.9 Å². The first kappa shape index (κ1) is 18.0. The number of ether oxygens (including phenoxy) is 2. The summed E-state index contributed by atoms with van der Waals surface area (Å²) >= 11 is 0. The average molecular weight is 362 g/mol. The first-order chi connectivity index (χ1) is 12.4. The summed E-state index contributed by atoms with van der Waals surface area (Å²) in [7, 11) is 1.28. The summed E-state index contributed by atoms with van der Waals surface area (Å²) in [5.74, 6) is -0.871. The molecular formula is C18H22N2O6. The minimum absolute atomic E-state index is 0.0143. The summed E-state index contributed by atoms with van der Waals surface area (Å²) in [6, 6.07) is 6.33. The number of hydrogen-bond acceptors (Lipinski definition) is 5. The highest BCUT2D eigenvalue weighted by atomic mass is 16.6. The van der Waals surface area contributed by atoms with Gasteiger partial charge in [0.2, 0.25) is 0 Å². The largest absolute Gasteiger partial charge is 0.482 e. The summed E-state index contributed by atoms with van der Waals surface area (Å²) in [6.07, 6.45) is 2.35. The molecule has 3 rings (SSSR count). The zero-order valence-corrected chi connectivity index (χ0v) is 14.6. The van der Waals surface area contributed by atoms with E-state index in [0.717, 1.165) is 12.8 Å². The van der Waals surface area contributed by atoms with Crippen LogP contribution in [-0.2, 0) is 14.3 Å². The molecule has 2 atom stereocenters.